The Hall–Kier alpha value is -1.08. The monoisotopic (exact) mass is 194 g/mol. The molecule has 14 heavy (non-hydrogen) atoms. The van der Waals surface area contributed by atoms with Crippen molar-refractivity contribution in [3.63, 3.8) is 0 Å². The van der Waals surface area contributed by atoms with Gasteiger partial charge in [0, 0.05) is 0 Å². The van der Waals surface area contributed by atoms with Crippen LogP contribution in [0.1, 0.15) is 6.92 Å². The first-order valence-corrected chi connectivity index (χ1v) is 4.42. The summed E-state index contributed by atoms with van der Waals surface area (Å²) in [6.45, 7) is 5.33. The lowest BCUT2D eigenvalue weighted by Crippen LogP contribution is -2.41. The highest BCUT2D eigenvalue weighted by atomic mass is 16.3. The van der Waals surface area contributed by atoms with Crippen molar-refractivity contribution in [3.05, 3.63) is 24.3 Å². The van der Waals surface area contributed by atoms with Gasteiger partial charge in [-0.3, -0.25) is 0 Å². The number of aliphatic hydroxyl groups is 3. The molecule has 0 aromatic rings. The third-order valence-electron chi connectivity index (χ3n) is 2.04. The van der Waals surface area contributed by atoms with Crippen molar-refractivity contribution in [2.45, 2.75) is 25.2 Å². The molecule has 0 saturated heterocycles. The topological polar surface area (TPSA) is 60.7 Å². The predicted octanol–water partition coefficient (Wildman–Crippen LogP) is -0.165. The van der Waals surface area contributed by atoms with Crippen LogP contribution in [0.3, 0.4) is 0 Å². The van der Waals surface area contributed by atoms with Crippen LogP contribution in [0.4, 0.5) is 0 Å². The summed E-state index contributed by atoms with van der Waals surface area (Å²) in [6.07, 6.45) is -0.0198. The number of aliphatic hydroxyl groups excluding tert-OH is 3. The second kappa shape index (κ2) is 4.43. The molecule has 1 aliphatic carbocycles. The van der Waals surface area contributed by atoms with Crippen LogP contribution in [0.2, 0.25) is 0 Å². The molecule has 3 N–H and O–H groups in total. The van der Waals surface area contributed by atoms with Crippen molar-refractivity contribution in [3.8, 4) is 11.8 Å². The summed E-state index contributed by atoms with van der Waals surface area (Å²) in [5.41, 5.74) is 0.661. The molecule has 0 spiro atoms. The Balaban J connectivity index is 2.83. The first-order valence-electron chi connectivity index (χ1n) is 4.42. The van der Waals surface area contributed by atoms with Gasteiger partial charge in [-0.2, -0.15) is 0 Å². The quantitative estimate of drug-likeness (QED) is 0.371. The van der Waals surface area contributed by atoms with E-state index in [1.165, 1.54) is 12.2 Å². The summed E-state index contributed by atoms with van der Waals surface area (Å²) in [5, 5.41) is 28.3. The highest BCUT2D eigenvalue weighted by Crippen LogP contribution is 2.19. The zero-order chi connectivity index (χ0) is 10.7. The van der Waals surface area contributed by atoms with Crippen LogP contribution < -0.4 is 0 Å². The summed E-state index contributed by atoms with van der Waals surface area (Å²) < 4.78 is 0. The van der Waals surface area contributed by atoms with Gasteiger partial charge >= 0.3 is 0 Å². The molecule has 0 amide bonds. The van der Waals surface area contributed by atoms with Gasteiger partial charge in [-0.25, -0.2) is 0 Å². The molecule has 0 saturated carbocycles. The normalized spacial score (nSPS) is 36.0. The van der Waals surface area contributed by atoms with E-state index in [1.54, 1.807) is 6.92 Å². The van der Waals surface area contributed by atoms with Crippen molar-refractivity contribution >= 4 is 0 Å². The molecule has 0 heterocycles. The van der Waals surface area contributed by atoms with E-state index in [2.05, 4.69) is 18.4 Å². The summed E-state index contributed by atoms with van der Waals surface area (Å²) >= 11 is 0. The van der Waals surface area contributed by atoms with Crippen LogP contribution in [0, 0.1) is 17.8 Å². The molecule has 0 bridgehead atoms. The highest BCUT2D eigenvalue weighted by molar-refractivity contribution is 5.27. The standard InChI is InChI=1S/C11H14O3/c1-7(2)3-4-8-9(12)5-6-10(13)11(8)14/h5-6,8-14H,1H2,2H3. The average molecular weight is 194 g/mol. The fraction of sp³-hybridized carbons (Fsp3) is 0.455. The number of rotatable bonds is 0. The Morgan fingerprint density at radius 2 is 1.79 bits per heavy atom. The van der Waals surface area contributed by atoms with Crippen LogP contribution in [0.25, 0.3) is 0 Å². The van der Waals surface area contributed by atoms with E-state index in [4.69, 9.17) is 0 Å². The second-order valence-corrected chi connectivity index (χ2v) is 3.43. The average Bonchev–Trinajstić information content (AvgIpc) is 2.11. The Kier molecular flexibility index (Phi) is 3.48. The zero-order valence-corrected chi connectivity index (χ0v) is 8.01. The van der Waals surface area contributed by atoms with Gasteiger partial charge in [0.2, 0.25) is 0 Å². The Bertz CT molecular complexity index is 308. The summed E-state index contributed by atoms with van der Waals surface area (Å²) in [6, 6.07) is 0. The maximum atomic E-state index is 9.53. The Morgan fingerprint density at radius 3 is 2.36 bits per heavy atom. The molecule has 1 aliphatic rings. The lowest BCUT2D eigenvalue weighted by atomic mass is 9.87. The number of hydrogen-bond donors (Lipinski definition) is 3. The van der Waals surface area contributed by atoms with Crippen LogP contribution in [-0.2, 0) is 0 Å². The molecule has 76 valence electrons. The lowest BCUT2D eigenvalue weighted by molar-refractivity contribution is -0.0172. The van der Waals surface area contributed by atoms with Crippen LogP contribution >= 0.6 is 0 Å². The Morgan fingerprint density at radius 1 is 1.21 bits per heavy atom. The van der Waals surface area contributed by atoms with Gasteiger partial charge in [0.15, 0.2) is 0 Å². The third-order valence-corrected chi connectivity index (χ3v) is 2.04. The molecule has 4 atom stereocenters. The minimum atomic E-state index is -1.04. The van der Waals surface area contributed by atoms with Crippen LogP contribution in [-0.4, -0.2) is 33.6 Å². The molecule has 0 radical (unpaired) electrons. The smallest absolute Gasteiger partial charge is 0.100 e. The molecule has 0 aliphatic heterocycles. The van der Waals surface area contributed by atoms with E-state index in [9.17, 15) is 15.3 Å². The molecule has 0 aromatic carbocycles. The maximum Gasteiger partial charge on any atom is 0.100 e. The second-order valence-electron chi connectivity index (χ2n) is 3.43. The molecular weight excluding hydrogens is 180 g/mol. The molecule has 3 heteroatoms. The predicted molar refractivity (Wildman–Crippen MR) is 53.2 cm³/mol. The van der Waals surface area contributed by atoms with Crippen molar-refractivity contribution in [1.29, 1.82) is 0 Å². The van der Waals surface area contributed by atoms with Gasteiger partial charge < -0.3 is 15.3 Å². The van der Waals surface area contributed by atoms with Gasteiger partial charge in [-0.05, 0) is 12.5 Å². The molecule has 0 aromatic heterocycles. The third kappa shape index (κ3) is 2.46. The van der Waals surface area contributed by atoms with Gasteiger partial charge in [-0.15, -0.1) is 0 Å². The Labute approximate surface area is 83.4 Å². The van der Waals surface area contributed by atoms with Crippen LogP contribution in [0.15, 0.2) is 24.3 Å². The summed E-state index contributed by atoms with van der Waals surface area (Å²) in [4.78, 5) is 0. The SMILES string of the molecule is C=C(C)C#CC1C(O)C=CC(O)C1O. The molecular formula is C11H14O3. The van der Waals surface area contributed by atoms with Crippen molar-refractivity contribution in [2.24, 2.45) is 5.92 Å². The van der Waals surface area contributed by atoms with Crippen molar-refractivity contribution < 1.29 is 15.3 Å². The van der Waals surface area contributed by atoms with E-state index in [1.807, 2.05) is 0 Å². The fourth-order valence-electron chi connectivity index (χ4n) is 1.25. The summed E-state index contributed by atoms with van der Waals surface area (Å²) in [5.74, 6) is 4.73. The largest absolute Gasteiger partial charge is 0.389 e. The van der Waals surface area contributed by atoms with Gasteiger partial charge in [-0.1, -0.05) is 30.6 Å². The van der Waals surface area contributed by atoms with Crippen molar-refractivity contribution in [1.82, 2.24) is 0 Å². The molecule has 4 unspecified atom stereocenters. The molecule has 1 rings (SSSR count). The summed E-state index contributed by atoms with van der Waals surface area (Å²) in [7, 11) is 0. The minimum Gasteiger partial charge on any atom is -0.389 e. The molecule has 0 fully saturated rings. The maximum absolute atomic E-state index is 9.53. The van der Waals surface area contributed by atoms with Gasteiger partial charge in [0.1, 0.15) is 6.10 Å². The van der Waals surface area contributed by atoms with E-state index < -0.39 is 24.2 Å². The van der Waals surface area contributed by atoms with Crippen molar-refractivity contribution in [2.75, 3.05) is 0 Å². The first-order chi connectivity index (χ1) is 6.52. The highest BCUT2D eigenvalue weighted by Gasteiger charge is 2.31. The van der Waals surface area contributed by atoms with E-state index in [0.717, 1.165) is 0 Å². The number of allylic oxidation sites excluding steroid dienone is 1. The van der Waals surface area contributed by atoms with Gasteiger partial charge in [0.25, 0.3) is 0 Å². The number of hydrogen-bond acceptors (Lipinski definition) is 3. The van der Waals surface area contributed by atoms with E-state index in [-0.39, 0.29) is 0 Å². The lowest BCUT2D eigenvalue weighted by Gasteiger charge is -2.27. The molecule has 3 nitrogen and oxygen atoms in total. The minimum absolute atomic E-state index is 0.647. The van der Waals surface area contributed by atoms with Crippen LogP contribution in [0.5, 0.6) is 0 Å². The van der Waals surface area contributed by atoms with E-state index >= 15 is 0 Å². The van der Waals surface area contributed by atoms with E-state index in [0.29, 0.717) is 5.57 Å². The fourth-order valence-corrected chi connectivity index (χ4v) is 1.25. The van der Waals surface area contributed by atoms with Gasteiger partial charge in [0.05, 0.1) is 18.1 Å². The zero-order valence-electron chi connectivity index (χ0n) is 8.01. The first kappa shape index (κ1) is 11.0.